The number of anilines is 1. The van der Waals surface area contributed by atoms with E-state index < -0.39 is 11.9 Å². The molecule has 6 heteroatoms. The molecule has 6 nitrogen and oxygen atoms in total. The van der Waals surface area contributed by atoms with E-state index in [1.54, 1.807) is 31.2 Å². The molecule has 0 bridgehead atoms. The van der Waals surface area contributed by atoms with Crippen molar-refractivity contribution >= 4 is 17.6 Å². The molecule has 108 valence electrons. The zero-order chi connectivity index (χ0) is 15.4. The van der Waals surface area contributed by atoms with Crippen molar-refractivity contribution in [1.29, 1.82) is 0 Å². The number of carboxylic acid groups (broad SMARTS) is 1. The molecule has 0 aliphatic carbocycles. The molecule has 1 amide bonds. The highest BCUT2D eigenvalue weighted by molar-refractivity contribution is 6.09. The number of aromatic carboxylic acids is 1. The number of benzene rings is 1. The van der Waals surface area contributed by atoms with Crippen molar-refractivity contribution in [2.75, 3.05) is 12.4 Å². The number of methoxy groups -OCH3 is 1. The van der Waals surface area contributed by atoms with E-state index in [4.69, 9.17) is 4.74 Å². The zero-order valence-corrected chi connectivity index (χ0v) is 11.6. The van der Waals surface area contributed by atoms with Gasteiger partial charge in [0.1, 0.15) is 5.56 Å². The van der Waals surface area contributed by atoms with Gasteiger partial charge in [-0.3, -0.25) is 4.79 Å². The highest BCUT2D eigenvalue weighted by atomic mass is 16.5. The minimum absolute atomic E-state index is 0.0636. The molecular formula is C15H14N2O4. The summed E-state index contributed by atoms with van der Waals surface area (Å²) in [5, 5.41) is 11.8. The number of pyridine rings is 1. The van der Waals surface area contributed by atoms with Gasteiger partial charge in [0, 0.05) is 6.20 Å². The standard InChI is InChI=1S/C15H14N2O4/c1-9-5-3-7-11(12(9)15(19)20)17-13(18)10-6-4-8-16-14(10)21-2/h3-8H,1-2H3,(H,17,18)(H,19,20). The van der Waals surface area contributed by atoms with Gasteiger partial charge < -0.3 is 15.2 Å². The molecule has 0 atom stereocenters. The van der Waals surface area contributed by atoms with Gasteiger partial charge in [0.05, 0.1) is 18.4 Å². The highest BCUT2D eigenvalue weighted by Crippen LogP contribution is 2.22. The topological polar surface area (TPSA) is 88.5 Å². The van der Waals surface area contributed by atoms with E-state index in [-0.39, 0.29) is 22.7 Å². The summed E-state index contributed by atoms with van der Waals surface area (Å²) in [6, 6.07) is 8.04. The van der Waals surface area contributed by atoms with Crippen LogP contribution in [0.2, 0.25) is 0 Å². The maximum absolute atomic E-state index is 12.3. The maximum atomic E-state index is 12.3. The number of carbonyl (C=O) groups excluding carboxylic acids is 1. The number of ether oxygens (including phenoxy) is 1. The third kappa shape index (κ3) is 3.00. The number of aryl methyl sites for hydroxylation is 1. The Balaban J connectivity index is 2.37. The molecule has 2 aromatic rings. The Kier molecular flexibility index (Phi) is 4.18. The number of aromatic nitrogens is 1. The van der Waals surface area contributed by atoms with Crippen LogP contribution in [0.5, 0.6) is 5.88 Å². The van der Waals surface area contributed by atoms with Crippen LogP contribution in [-0.4, -0.2) is 29.1 Å². The fraction of sp³-hybridized carbons (Fsp3) is 0.133. The van der Waals surface area contributed by atoms with Gasteiger partial charge in [-0.15, -0.1) is 0 Å². The normalized spacial score (nSPS) is 10.0. The third-order valence-corrected chi connectivity index (χ3v) is 2.94. The lowest BCUT2D eigenvalue weighted by molar-refractivity contribution is 0.0697. The first-order valence-corrected chi connectivity index (χ1v) is 6.18. The summed E-state index contributed by atoms with van der Waals surface area (Å²) in [4.78, 5) is 27.5. The third-order valence-electron chi connectivity index (χ3n) is 2.94. The molecule has 0 radical (unpaired) electrons. The number of carboxylic acids is 1. The molecule has 0 spiro atoms. The van der Waals surface area contributed by atoms with Crippen molar-refractivity contribution in [3.8, 4) is 5.88 Å². The lowest BCUT2D eigenvalue weighted by atomic mass is 10.1. The molecule has 0 saturated heterocycles. The molecule has 2 N–H and O–H groups in total. The van der Waals surface area contributed by atoms with Crippen molar-refractivity contribution in [2.45, 2.75) is 6.92 Å². The second-order valence-corrected chi connectivity index (χ2v) is 4.32. The molecule has 0 unspecified atom stereocenters. The monoisotopic (exact) mass is 286 g/mol. The van der Waals surface area contributed by atoms with Gasteiger partial charge in [-0.05, 0) is 30.7 Å². The zero-order valence-electron chi connectivity index (χ0n) is 11.6. The molecule has 1 aromatic heterocycles. The van der Waals surface area contributed by atoms with Crippen molar-refractivity contribution in [3.63, 3.8) is 0 Å². The highest BCUT2D eigenvalue weighted by Gasteiger charge is 2.18. The Morgan fingerprint density at radius 3 is 2.67 bits per heavy atom. The average molecular weight is 286 g/mol. The Bertz CT molecular complexity index is 698. The van der Waals surface area contributed by atoms with Gasteiger partial charge in [-0.2, -0.15) is 0 Å². The first-order chi connectivity index (χ1) is 10.0. The minimum atomic E-state index is -1.10. The fourth-order valence-corrected chi connectivity index (χ4v) is 1.97. The molecule has 1 aromatic carbocycles. The Morgan fingerprint density at radius 2 is 2.00 bits per heavy atom. The van der Waals surface area contributed by atoms with Crippen LogP contribution in [0.4, 0.5) is 5.69 Å². The average Bonchev–Trinajstić information content (AvgIpc) is 2.46. The predicted octanol–water partition coefficient (Wildman–Crippen LogP) is 2.35. The first kappa shape index (κ1) is 14.5. The second-order valence-electron chi connectivity index (χ2n) is 4.32. The molecule has 1 heterocycles. The van der Waals surface area contributed by atoms with E-state index in [9.17, 15) is 14.7 Å². The van der Waals surface area contributed by atoms with E-state index in [1.165, 1.54) is 19.4 Å². The largest absolute Gasteiger partial charge is 0.480 e. The molecular weight excluding hydrogens is 272 g/mol. The molecule has 0 saturated carbocycles. The SMILES string of the molecule is COc1ncccc1C(=O)Nc1cccc(C)c1C(=O)O. The fourth-order valence-electron chi connectivity index (χ4n) is 1.97. The molecule has 0 aliphatic heterocycles. The van der Waals surface area contributed by atoms with Crippen molar-refractivity contribution < 1.29 is 19.4 Å². The Labute approximate surface area is 121 Å². The minimum Gasteiger partial charge on any atom is -0.480 e. The van der Waals surface area contributed by atoms with Gasteiger partial charge in [-0.25, -0.2) is 9.78 Å². The number of amides is 1. The van der Waals surface area contributed by atoms with Gasteiger partial charge in [-0.1, -0.05) is 12.1 Å². The smallest absolute Gasteiger partial charge is 0.338 e. The number of carbonyl (C=O) groups is 2. The Morgan fingerprint density at radius 1 is 1.24 bits per heavy atom. The van der Waals surface area contributed by atoms with Crippen molar-refractivity contribution in [2.24, 2.45) is 0 Å². The summed E-state index contributed by atoms with van der Waals surface area (Å²) >= 11 is 0. The van der Waals surface area contributed by atoms with Crippen LogP contribution in [0.15, 0.2) is 36.5 Å². The quantitative estimate of drug-likeness (QED) is 0.900. The predicted molar refractivity (Wildman–Crippen MR) is 76.9 cm³/mol. The first-order valence-electron chi connectivity index (χ1n) is 6.18. The Hall–Kier alpha value is -2.89. The lowest BCUT2D eigenvalue weighted by Crippen LogP contribution is -2.16. The summed E-state index contributed by atoms with van der Waals surface area (Å²) in [6.45, 7) is 1.67. The maximum Gasteiger partial charge on any atom is 0.338 e. The number of nitrogens with one attached hydrogen (secondary N) is 1. The van der Waals surface area contributed by atoms with Crippen molar-refractivity contribution in [3.05, 3.63) is 53.2 Å². The second kappa shape index (κ2) is 6.04. The van der Waals surface area contributed by atoms with Crippen LogP contribution in [0, 0.1) is 6.92 Å². The van der Waals surface area contributed by atoms with Gasteiger partial charge in [0.2, 0.25) is 5.88 Å². The van der Waals surface area contributed by atoms with E-state index in [2.05, 4.69) is 10.3 Å². The van der Waals surface area contributed by atoms with Crippen LogP contribution in [0.3, 0.4) is 0 Å². The van der Waals surface area contributed by atoms with Crippen LogP contribution in [0.25, 0.3) is 0 Å². The lowest BCUT2D eigenvalue weighted by Gasteiger charge is -2.11. The van der Waals surface area contributed by atoms with E-state index in [0.717, 1.165) is 0 Å². The van der Waals surface area contributed by atoms with Crippen LogP contribution < -0.4 is 10.1 Å². The molecule has 0 fully saturated rings. The van der Waals surface area contributed by atoms with Crippen LogP contribution >= 0.6 is 0 Å². The summed E-state index contributed by atoms with van der Waals surface area (Å²) in [6.07, 6.45) is 1.50. The molecule has 2 rings (SSSR count). The van der Waals surface area contributed by atoms with Gasteiger partial charge in [0.25, 0.3) is 5.91 Å². The van der Waals surface area contributed by atoms with E-state index in [1.807, 2.05) is 0 Å². The number of hydrogen-bond acceptors (Lipinski definition) is 4. The number of hydrogen-bond donors (Lipinski definition) is 2. The summed E-state index contributed by atoms with van der Waals surface area (Å²) in [7, 11) is 1.41. The summed E-state index contributed by atoms with van der Waals surface area (Å²) in [5.74, 6) is -1.39. The van der Waals surface area contributed by atoms with Gasteiger partial charge in [0.15, 0.2) is 0 Å². The number of nitrogens with zero attached hydrogens (tertiary/aromatic N) is 1. The molecule has 21 heavy (non-hydrogen) atoms. The van der Waals surface area contributed by atoms with E-state index >= 15 is 0 Å². The van der Waals surface area contributed by atoms with Crippen LogP contribution in [-0.2, 0) is 0 Å². The summed E-state index contributed by atoms with van der Waals surface area (Å²) in [5.41, 5.74) is 1.10. The number of rotatable bonds is 4. The van der Waals surface area contributed by atoms with E-state index in [0.29, 0.717) is 5.56 Å². The summed E-state index contributed by atoms with van der Waals surface area (Å²) < 4.78 is 5.02. The van der Waals surface area contributed by atoms with Crippen LogP contribution in [0.1, 0.15) is 26.3 Å². The molecule has 0 aliphatic rings. The van der Waals surface area contributed by atoms with Crippen molar-refractivity contribution in [1.82, 2.24) is 4.98 Å². The van der Waals surface area contributed by atoms with Gasteiger partial charge >= 0.3 is 5.97 Å².